The molecule has 0 aliphatic carbocycles. The van der Waals surface area contributed by atoms with Crippen LogP contribution in [0.4, 0.5) is 0 Å². The third-order valence-electron chi connectivity index (χ3n) is 5.95. The maximum Gasteiger partial charge on any atom is 0.251 e. The van der Waals surface area contributed by atoms with Crippen molar-refractivity contribution in [3.05, 3.63) is 65.9 Å². The summed E-state index contributed by atoms with van der Waals surface area (Å²) in [5.74, 6) is 0.504. The topological polar surface area (TPSA) is 86.8 Å². The van der Waals surface area contributed by atoms with E-state index in [1.54, 1.807) is 31.4 Å². The number of aromatic nitrogens is 1. The molecule has 7 nitrogen and oxygen atoms in total. The van der Waals surface area contributed by atoms with Crippen LogP contribution >= 0.6 is 0 Å². The molecular weight excluding hydrogens is 406 g/mol. The third-order valence-corrected chi connectivity index (χ3v) is 5.95. The maximum absolute atomic E-state index is 12.8. The number of ether oxygens (including phenoxy) is 2. The highest BCUT2D eigenvalue weighted by Crippen LogP contribution is 2.22. The van der Waals surface area contributed by atoms with Crippen molar-refractivity contribution in [3.8, 4) is 5.75 Å². The molecule has 1 aromatic heterocycles. The number of amides is 1. The quantitative estimate of drug-likeness (QED) is 0.472. The molecule has 1 saturated heterocycles. The van der Waals surface area contributed by atoms with Crippen LogP contribution in [0.2, 0.25) is 0 Å². The number of nitrogens with one attached hydrogen (secondary N) is 2. The predicted molar refractivity (Wildman–Crippen MR) is 124 cm³/mol. The van der Waals surface area contributed by atoms with E-state index in [0.29, 0.717) is 37.5 Å². The second-order valence-corrected chi connectivity index (χ2v) is 8.25. The number of likely N-dealkylation sites (tertiary alicyclic amines) is 1. The number of hydrogen-bond acceptors (Lipinski definition) is 5. The van der Waals surface area contributed by atoms with E-state index in [1.165, 1.54) is 10.9 Å². The van der Waals surface area contributed by atoms with Crippen molar-refractivity contribution in [1.82, 2.24) is 15.2 Å². The van der Waals surface area contributed by atoms with Gasteiger partial charge in [0.1, 0.15) is 12.4 Å². The smallest absolute Gasteiger partial charge is 0.251 e. The van der Waals surface area contributed by atoms with Gasteiger partial charge in [-0.1, -0.05) is 18.2 Å². The normalized spacial score (nSPS) is 19.6. The summed E-state index contributed by atoms with van der Waals surface area (Å²) >= 11 is 0. The summed E-state index contributed by atoms with van der Waals surface area (Å²) in [6, 6.07) is 15.0. The van der Waals surface area contributed by atoms with Gasteiger partial charge in [-0.25, -0.2) is 0 Å². The number of H-pyrrole nitrogens is 1. The minimum Gasteiger partial charge on any atom is -0.491 e. The number of nitrogens with zero attached hydrogens (tertiary/aromatic N) is 1. The average Bonchev–Trinajstić information content (AvgIpc) is 3.13. The summed E-state index contributed by atoms with van der Waals surface area (Å²) in [5.41, 5.74) is 2.90. The zero-order chi connectivity index (χ0) is 22.3. The van der Waals surface area contributed by atoms with E-state index in [1.807, 2.05) is 12.1 Å². The molecule has 1 amide bonds. The van der Waals surface area contributed by atoms with Gasteiger partial charge in [0.15, 0.2) is 0 Å². The molecule has 1 aliphatic rings. The predicted octanol–water partition coefficient (Wildman–Crippen LogP) is 2.95. The second-order valence-electron chi connectivity index (χ2n) is 8.25. The number of rotatable bonds is 8. The molecule has 1 fully saturated rings. The molecule has 1 aliphatic heterocycles. The lowest BCUT2D eigenvalue weighted by atomic mass is 10.1. The first-order chi connectivity index (χ1) is 15.6. The first-order valence-electron chi connectivity index (χ1n) is 11.1. The fourth-order valence-electron chi connectivity index (χ4n) is 4.20. The van der Waals surface area contributed by atoms with Crippen molar-refractivity contribution in [2.24, 2.45) is 0 Å². The molecule has 0 saturated carbocycles. The lowest BCUT2D eigenvalue weighted by molar-refractivity contribution is 0.0798. The number of hydrogen-bond donors (Lipinski definition) is 3. The zero-order valence-corrected chi connectivity index (χ0v) is 18.4. The Morgan fingerprint density at radius 1 is 1.19 bits per heavy atom. The number of aliphatic hydroxyl groups is 1. The minimum absolute atomic E-state index is 0.188. The maximum atomic E-state index is 12.8. The average molecular weight is 438 g/mol. The molecule has 7 heteroatoms. The van der Waals surface area contributed by atoms with E-state index < -0.39 is 6.10 Å². The van der Waals surface area contributed by atoms with E-state index in [9.17, 15) is 9.90 Å². The number of aromatic amines is 1. The van der Waals surface area contributed by atoms with E-state index in [0.717, 1.165) is 25.0 Å². The van der Waals surface area contributed by atoms with Gasteiger partial charge >= 0.3 is 0 Å². The van der Waals surface area contributed by atoms with Crippen LogP contribution in [-0.4, -0.2) is 66.5 Å². The third kappa shape index (κ3) is 5.48. The fourth-order valence-corrected chi connectivity index (χ4v) is 4.20. The molecule has 2 aromatic carbocycles. The van der Waals surface area contributed by atoms with Gasteiger partial charge in [0.2, 0.25) is 0 Å². The second kappa shape index (κ2) is 10.6. The highest BCUT2D eigenvalue weighted by molar-refractivity contribution is 5.94. The number of fused-ring (bicyclic) bond motifs is 1. The van der Waals surface area contributed by atoms with Gasteiger partial charge in [0.05, 0.1) is 18.8 Å². The number of para-hydroxylation sites is 1. The van der Waals surface area contributed by atoms with Crippen LogP contribution in [0.3, 0.4) is 0 Å². The Kier molecular flexibility index (Phi) is 7.42. The van der Waals surface area contributed by atoms with Gasteiger partial charge in [-0.05, 0) is 55.3 Å². The number of carbonyl (C=O) groups excluding carboxylic acids is 1. The van der Waals surface area contributed by atoms with Crippen molar-refractivity contribution in [2.75, 3.05) is 33.4 Å². The molecule has 0 radical (unpaired) electrons. The van der Waals surface area contributed by atoms with Crippen molar-refractivity contribution in [1.29, 1.82) is 0 Å². The van der Waals surface area contributed by atoms with Gasteiger partial charge in [0.25, 0.3) is 5.91 Å². The van der Waals surface area contributed by atoms with Gasteiger partial charge in [-0.3, -0.25) is 9.69 Å². The largest absolute Gasteiger partial charge is 0.491 e. The number of carbonyl (C=O) groups is 1. The Hall–Kier alpha value is -2.87. The van der Waals surface area contributed by atoms with Crippen LogP contribution < -0.4 is 10.1 Å². The van der Waals surface area contributed by atoms with Crippen LogP contribution in [0.1, 0.15) is 28.8 Å². The number of benzene rings is 2. The molecule has 2 atom stereocenters. The van der Waals surface area contributed by atoms with Crippen LogP contribution in [0.5, 0.6) is 5.75 Å². The summed E-state index contributed by atoms with van der Waals surface area (Å²) in [7, 11) is 1.63. The molecule has 3 aromatic rings. The lowest BCUT2D eigenvalue weighted by Gasteiger charge is -2.27. The van der Waals surface area contributed by atoms with Crippen molar-refractivity contribution < 1.29 is 19.4 Å². The molecule has 170 valence electrons. The summed E-state index contributed by atoms with van der Waals surface area (Å²) in [6.07, 6.45) is 3.05. The summed E-state index contributed by atoms with van der Waals surface area (Å²) in [6.45, 7) is 3.23. The van der Waals surface area contributed by atoms with Crippen LogP contribution in [-0.2, 0) is 11.3 Å². The molecular formula is C25H31N3O4. The SMILES string of the molecule is COCCOc1ccc(C(=O)N[C@@H]2CN(Cc3c[nH]c4ccccc34)CCC[C@H]2O)cc1. The van der Waals surface area contributed by atoms with Crippen molar-refractivity contribution in [3.63, 3.8) is 0 Å². The zero-order valence-electron chi connectivity index (χ0n) is 18.4. The fraction of sp³-hybridized carbons (Fsp3) is 0.400. The molecule has 2 heterocycles. The first-order valence-corrected chi connectivity index (χ1v) is 11.1. The number of aliphatic hydroxyl groups excluding tert-OH is 1. The molecule has 0 spiro atoms. The Morgan fingerprint density at radius 2 is 2.00 bits per heavy atom. The standard InChI is InChI=1S/C25H31N3O4/c1-31-13-14-32-20-10-8-18(9-11-20)25(30)27-23-17-28(12-4-7-24(23)29)16-19-15-26-22-6-3-2-5-21(19)22/h2-3,5-6,8-11,15,23-24,26,29H,4,7,12-14,16-17H2,1H3,(H,27,30)/t23-,24-/m1/s1. The summed E-state index contributed by atoms with van der Waals surface area (Å²) in [4.78, 5) is 18.5. The summed E-state index contributed by atoms with van der Waals surface area (Å²) in [5, 5.41) is 14.9. The van der Waals surface area contributed by atoms with Crippen LogP contribution in [0.25, 0.3) is 10.9 Å². The molecule has 0 unspecified atom stereocenters. The van der Waals surface area contributed by atoms with Gasteiger partial charge in [0, 0.05) is 42.9 Å². The summed E-state index contributed by atoms with van der Waals surface area (Å²) < 4.78 is 10.5. The van der Waals surface area contributed by atoms with E-state index in [4.69, 9.17) is 9.47 Å². The Bertz CT molecular complexity index is 1020. The van der Waals surface area contributed by atoms with Gasteiger partial charge < -0.3 is 24.9 Å². The molecule has 32 heavy (non-hydrogen) atoms. The highest BCUT2D eigenvalue weighted by Gasteiger charge is 2.27. The van der Waals surface area contributed by atoms with Gasteiger partial charge in [-0.2, -0.15) is 0 Å². The van der Waals surface area contributed by atoms with Crippen LogP contribution in [0.15, 0.2) is 54.7 Å². The van der Waals surface area contributed by atoms with Crippen molar-refractivity contribution in [2.45, 2.75) is 31.5 Å². The molecule has 0 bridgehead atoms. The van der Waals surface area contributed by atoms with Crippen molar-refractivity contribution >= 4 is 16.8 Å². The lowest BCUT2D eigenvalue weighted by Crippen LogP contribution is -2.48. The Morgan fingerprint density at radius 3 is 2.81 bits per heavy atom. The van der Waals surface area contributed by atoms with Gasteiger partial charge in [-0.15, -0.1) is 0 Å². The monoisotopic (exact) mass is 437 g/mol. The first kappa shape index (κ1) is 22.3. The molecule has 3 N–H and O–H groups in total. The van der Waals surface area contributed by atoms with E-state index in [-0.39, 0.29) is 11.9 Å². The van der Waals surface area contributed by atoms with Crippen LogP contribution in [0, 0.1) is 0 Å². The molecule has 4 rings (SSSR count). The Labute approximate surface area is 188 Å². The van der Waals surface area contributed by atoms with E-state index in [2.05, 4.69) is 33.5 Å². The van der Waals surface area contributed by atoms with E-state index >= 15 is 0 Å². The number of methoxy groups -OCH3 is 1. The highest BCUT2D eigenvalue weighted by atomic mass is 16.5. The Balaban J connectivity index is 1.38. The minimum atomic E-state index is -0.566.